The monoisotopic (exact) mass is 441 g/mol. The number of urea groups is 1. The molecule has 0 radical (unpaired) electrons. The van der Waals surface area contributed by atoms with E-state index >= 15 is 0 Å². The van der Waals surface area contributed by atoms with Crippen LogP contribution in [0.5, 0.6) is 5.75 Å². The lowest BCUT2D eigenvalue weighted by atomic mass is 10.1. The van der Waals surface area contributed by atoms with Crippen molar-refractivity contribution in [2.75, 3.05) is 26.1 Å². The summed E-state index contributed by atoms with van der Waals surface area (Å²) in [4.78, 5) is 39.8. The molecule has 2 aromatic rings. The maximum absolute atomic E-state index is 12.9. The molecule has 0 aliphatic carbocycles. The molecule has 2 heterocycles. The van der Waals surface area contributed by atoms with E-state index in [1.54, 1.807) is 6.08 Å². The Morgan fingerprint density at radius 2 is 2.00 bits per heavy atom. The molecule has 1 aliphatic heterocycles. The second-order valence-corrected chi connectivity index (χ2v) is 7.59. The van der Waals surface area contributed by atoms with Gasteiger partial charge in [-0.05, 0) is 43.7 Å². The van der Waals surface area contributed by atoms with Gasteiger partial charge in [-0.2, -0.15) is 0 Å². The van der Waals surface area contributed by atoms with Crippen molar-refractivity contribution in [3.05, 3.63) is 53.1 Å². The molecule has 1 aromatic carbocycles. The van der Waals surface area contributed by atoms with Gasteiger partial charge in [0.15, 0.2) is 0 Å². The van der Waals surface area contributed by atoms with Gasteiger partial charge in [-0.3, -0.25) is 9.69 Å². The Kier molecular flexibility index (Phi) is 6.87. The van der Waals surface area contributed by atoms with Crippen LogP contribution in [0.1, 0.15) is 42.1 Å². The van der Waals surface area contributed by atoms with Crippen LogP contribution in [0.25, 0.3) is 6.08 Å². The highest BCUT2D eigenvalue weighted by Gasteiger charge is 2.34. The number of ether oxygens (including phenoxy) is 2. The van der Waals surface area contributed by atoms with E-state index in [0.29, 0.717) is 11.3 Å². The highest BCUT2D eigenvalue weighted by atomic mass is 16.5. The molecule has 170 valence electrons. The third-order valence-corrected chi connectivity index (χ3v) is 5.04. The standard InChI is InChI=1S/C23H27N3O6/c1-6-14(2)31-20-12-16(25(3)4)8-7-15(20)11-18-21(27)26(23(29)24-18)13-17-9-10-19(32-17)22(28)30-5/h7-12,14H,6,13H2,1-5H3,(H,24,29)/b18-11-/t14-/m1/s1. The fraction of sp³-hybridized carbons (Fsp3) is 0.348. The van der Waals surface area contributed by atoms with Crippen LogP contribution in [-0.2, 0) is 16.1 Å². The van der Waals surface area contributed by atoms with Gasteiger partial charge in [0.05, 0.1) is 19.8 Å². The van der Waals surface area contributed by atoms with Crippen LogP contribution in [0.3, 0.4) is 0 Å². The normalized spacial score (nSPS) is 15.7. The average Bonchev–Trinajstić information content (AvgIpc) is 3.34. The summed E-state index contributed by atoms with van der Waals surface area (Å²) in [6.07, 6.45) is 2.40. The predicted octanol–water partition coefficient (Wildman–Crippen LogP) is 3.40. The fourth-order valence-corrected chi connectivity index (χ4v) is 3.02. The molecular weight excluding hydrogens is 414 g/mol. The Morgan fingerprint density at radius 3 is 2.66 bits per heavy atom. The molecule has 1 aromatic heterocycles. The summed E-state index contributed by atoms with van der Waals surface area (Å²) < 4.78 is 16.0. The molecule has 1 atom stereocenters. The van der Waals surface area contributed by atoms with Crippen LogP contribution in [0.2, 0.25) is 0 Å². The van der Waals surface area contributed by atoms with Gasteiger partial charge in [-0.1, -0.05) is 6.92 Å². The number of hydrogen-bond donors (Lipinski definition) is 1. The summed E-state index contributed by atoms with van der Waals surface area (Å²) >= 11 is 0. The van der Waals surface area contributed by atoms with E-state index in [9.17, 15) is 14.4 Å². The van der Waals surface area contributed by atoms with E-state index in [2.05, 4.69) is 10.1 Å². The maximum Gasteiger partial charge on any atom is 0.373 e. The zero-order valence-electron chi connectivity index (χ0n) is 18.8. The van der Waals surface area contributed by atoms with Gasteiger partial charge in [0.25, 0.3) is 5.91 Å². The molecule has 0 unspecified atom stereocenters. The number of imide groups is 1. The summed E-state index contributed by atoms with van der Waals surface area (Å²) in [5.74, 6) is -0.238. The number of anilines is 1. The Hall–Kier alpha value is -3.75. The number of nitrogens with zero attached hydrogens (tertiary/aromatic N) is 2. The number of amides is 3. The number of nitrogens with one attached hydrogen (secondary N) is 1. The first-order chi connectivity index (χ1) is 15.2. The minimum atomic E-state index is -0.635. The highest BCUT2D eigenvalue weighted by molar-refractivity contribution is 6.14. The number of carbonyl (C=O) groups excluding carboxylic acids is 3. The van der Waals surface area contributed by atoms with E-state index in [0.717, 1.165) is 17.0 Å². The van der Waals surface area contributed by atoms with Gasteiger partial charge in [-0.15, -0.1) is 0 Å². The molecule has 3 amide bonds. The van der Waals surface area contributed by atoms with Gasteiger partial charge in [0.2, 0.25) is 5.76 Å². The highest BCUT2D eigenvalue weighted by Crippen LogP contribution is 2.29. The van der Waals surface area contributed by atoms with Crippen molar-refractivity contribution >= 4 is 29.7 Å². The van der Waals surface area contributed by atoms with Crippen molar-refractivity contribution in [3.63, 3.8) is 0 Å². The zero-order valence-corrected chi connectivity index (χ0v) is 18.8. The van der Waals surface area contributed by atoms with Crippen molar-refractivity contribution < 1.29 is 28.3 Å². The molecule has 0 bridgehead atoms. The van der Waals surface area contributed by atoms with E-state index in [-0.39, 0.29) is 29.9 Å². The van der Waals surface area contributed by atoms with E-state index < -0.39 is 17.9 Å². The molecule has 1 aliphatic rings. The molecule has 0 saturated carbocycles. The third kappa shape index (κ3) is 4.93. The Labute approximate surface area is 186 Å². The topological polar surface area (TPSA) is 101 Å². The minimum absolute atomic E-state index is 0.00173. The van der Waals surface area contributed by atoms with Gasteiger partial charge < -0.3 is 24.1 Å². The molecule has 3 rings (SSSR count). The number of methoxy groups -OCH3 is 1. The lowest BCUT2D eigenvalue weighted by Gasteiger charge is -2.19. The predicted molar refractivity (Wildman–Crippen MR) is 118 cm³/mol. The van der Waals surface area contributed by atoms with Crippen LogP contribution < -0.4 is 15.0 Å². The smallest absolute Gasteiger partial charge is 0.373 e. The summed E-state index contributed by atoms with van der Waals surface area (Å²) in [5.41, 5.74) is 1.75. The molecule has 1 fully saturated rings. The average molecular weight is 441 g/mol. The van der Waals surface area contributed by atoms with Gasteiger partial charge in [0.1, 0.15) is 17.2 Å². The molecular formula is C23H27N3O6. The molecule has 1 N–H and O–H groups in total. The Morgan fingerprint density at radius 1 is 1.25 bits per heavy atom. The number of rotatable bonds is 8. The number of carbonyl (C=O) groups is 3. The maximum atomic E-state index is 12.9. The van der Waals surface area contributed by atoms with Crippen molar-refractivity contribution in [1.29, 1.82) is 0 Å². The second-order valence-electron chi connectivity index (χ2n) is 7.59. The first kappa shape index (κ1) is 22.9. The SMILES string of the molecule is CC[C@@H](C)Oc1cc(N(C)C)ccc1/C=C1\NC(=O)N(Cc2ccc(C(=O)OC)o2)C1=O. The largest absolute Gasteiger partial charge is 0.490 e. The van der Waals surface area contributed by atoms with Crippen LogP contribution in [-0.4, -0.2) is 50.1 Å². The van der Waals surface area contributed by atoms with Crippen molar-refractivity contribution in [2.45, 2.75) is 32.9 Å². The lowest BCUT2D eigenvalue weighted by Crippen LogP contribution is -2.30. The van der Waals surface area contributed by atoms with E-state index in [1.165, 1.54) is 19.2 Å². The number of esters is 1. The summed E-state index contributed by atoms with van der Waals surface area (Å²) in [6, 6.07) is 8.03. The first-order valence-corrected chi connectivity index (χ1v) is 10.2. The first-order valence-electron chi connectivity index (χ1n) is 10.2. The van der Waals surface area contributed by atoms with Crippen molar-refractivity contribution in [1.82, 2.24) is 10.2 Å². The van der Waals surface area contributed by atoms with E-state index in [1.807, 2.05) is 51.0 Å². The lowest BCUT2D eigenvalue weighted by molar-refractivity contribution is -0.123. The zero-order chi connectivity index (χ0) is 23.4. The second kappa shape index (κ2) is 9.59. The van der Waals surface area contributed by atoms with Crippen molar-refractivity contribution in [2.24, 2.45) is 0 Å². The van der Waals surface area contributed by atoms with Crippen molar-refractivity contribution in [3.8, 4) is 5.75 Å². The van der Waals surface area contributed by atoms with Crippen LogP contribution >= 0.6 is 0 Å². The van der Waals surface area contributed by atoms with Gasteiger partial charge >= 0.3 is 12.0 Å². The summed E-state index contributed by atoms with van der Waals surface area (Å²) in [5, 5.41) is 2.59. The number of benzene rings is 1. The quantitative estimate of drug-likeness (QED) is 0.381. The van der Waals surface area contributed by atoms with Crippen LogP contribution in [0.15, 0.2) is 40.4 Å². The number of hydrogen-bond acceptors (Lipinski definition) is 7. The molecule has 0 spiro atoms. The molecule has 9 heteroatoms. The van der Waals surface area contributed by atoms with Crippen LogP contribution in [0, 0.1) is 0 Å². The Bertz CT molecular complexity index is 1060. The summed E-state index contributed by atoms with van der Waals surface area (Å²) in [6.45, 7) is 3.88. The molecule has 9 nitrogen and oxygen atoms in total. The number of furan rings is 1. The van der Waals surface area contributed by atoms with Gasteiger partial charge in [-0.25, -0.2) is 9.59 Å². The Balaban J connectivity index is 1.85. The fourth-order valence-electron chi connectivity index (χ4n) is 3.02. The molecule has 1 saturated heterocycles. The van der Waals surface area contributed by atoms with E-state index in [4.69, 9.17) is 9.15 Å². The third-order valence-electron chi connectivity index (χ3n) is 5.04. The summed E-state index contributed by atoms with van der Waals surface area (Å²) in [7, 11) is 5.10. The van der Waals surface area contributed by atoms with Gasteiger partial charge in [0, 0.05) is 31.4 Å². The minimum Gasteiger partial charge on any atom is -0.490 e. The van der Waals surface area contributed by atoms with Crippen LogP contribution in [0.4, 0.5) is 10.5 Å². The molecule has 32 heavy (non-hydrogen) atoms.